The smallest absolute Gasteiger partial charge is 0.135 e. The highest BCUT2D eigenvalue weighted by molar-refractivity contribution is 7.27. The Morgan fingerprint density at radius 3 is 0.690 bits per heavy atom. The Hall–Kier alpha value is -13.1. The van der Waals surface area contributed by atoms with Gasteiger partial charge in [0, 0.05) is 128 Å². The van der Waals surface area contributed by atoms with Crippen LogP contribution < -0.4 is 0 Å². The number of thiophene rings is 5. The molecule has 129 heavy (non-hydrogen) atoms. The van der Waals surface area contributed by atoms with E-state index < -0.39 is 0 Å². The van der Waals surface area contributed by atoms with Gasteiger partial charge in [0.15, 0.2) is 0 Å². The zero-order valence-electron chi connectivity index (χ0n) is 72.8. The van der Waals surface area contributed by atoms with Crippen LogP contribution in [0.5, 0.6) is 0 Å². The van der Waals surface area contributed by atoms with Crippen LogP contribution >= 0.6 is 56.7 Å². The molecule has 0 atom stereocenters. The van der Waals surface area contributed by atoms with E-state index in [9.17, 15) is 0 Å². The Bertz CT molecular complexity index is 7920. The second-order valence-electron chi connectivity index (χ2n) is 37.0. The fourth-order valence-corrected chi connectivity index (χ4v) is 27.6. The van der Waals surface area contributed by atoms with E-state index >= 15 is 0 Å². The maximum atomic E-state index is 6.09. The summed E-state index contributed by atoms with van der Waals surface area (Å²) in [5.41, 5.74) is 34.2. The third-order valence-corrected chi connectivity index (χ3v) is 34.6. The van der Waals surface area contributed by atoms with Gasteiger partial charge in [-0.25, -0.2) is 0 Å². The van der Waals surface area contributed by atoms with Crippen molar-refractivity contribution in [3.63, 3.8) is 0 Å². The van der Waals surface area contributed by atoms with E-state index in [1.807, 2.05) is 68.8 Å². The van der Waals surface area contributed by atoms with Crippen molar-refractivity contribution in [3.05, 3.63) is 397 Å². The van der Waals surface area contributed by atoms with Gasteiger partial charge >= 0.3 is 0 Å². The third-order valence-electron chi connectivity index (χ3n) is 28.9. The molecule has 0 aliphatic heterocycles. The van der Waals surface area contributed by atoms with E-state index in [1.165, 1.54) is 273 Å². The molecule has 6 heterocycles. The highest BCUT2D eigenvalue weighted by atomic mass is 32.1. The predicted octanol–water partition coefficient (Wildman–Crippen LogP) is 38.1. The first kappa shape index (κ1) is 78.1. The lowest BCUT2D eigenvalue weighted by Gasteiger charge is -2.32. The van der Waals surface area contributed by atoms with Crippen LogP contribution in [-0.4, -0.2) is 0 Å². The van der Waals surface area contributed by atoms with E-state index in [2.05, 4.69) is 393 Å². The number of furan rings is 1. The molecular formula is C123H90OS5. The molecule has 618 valence electrons. The average Bonchev–Trinajstić information content (AvgIpc) is 1.57. The van der Waals surface area contributed by atoms with Crippen molar-refractivity contribution in [1.82, 2.24) is 0 Å². The largest absolute Gasteiger partial charge is 0.456 e. The van der Waals surface area contributed by atoms with Gasteiger partial charge in [0.25, 0.3) is 0 Å². The summed E-state index contributed by atoms with van der Waals surface area (Å²) in [6.07, 6.45) is 7.35. The van der Waals surface area contributed by atoms with Crippen molar-refractivity contribution < 1.29 is 4.42 Å². The maximum Gasteiger partial charge on any atom is 0.135 e. The standard InChI is InChI=1S/C45H38S2.C39H26OS.C39H26S2/c1-3-5-23-45(24-6-4-2)39-19-15-29(31-17-21-43-37(27-31)33-11-7-9-13-41(33)46-43)25-35(39)36-26-30(16-20-40(36)45)32-18-22-44-38(28-32)34-12-8-10-14-42(34)47-44;1-39(2)33-15-11-23(25-13-17-36-31(21-25)27-7-3-5-9-35(27)40-36)19-29(33)30-20-24(12-16-34(30)39)26-14-18-38-32(22-26)28-8-4-6-10-37(28)41-38;1-39(2)33-15-11-23(25-13-17-37-31(21-25)27-7-3-5-9-35(27)40-37)19-29(33)30-20-24(12-16-34(30)39)26-14-18-38-32(22-26)28-8-4-6-10-36(28)41-38/h7-22,25-28H,3-6,23-24H2,1-2H3;2*3-22H,1-2H3. The molecule has 1 nitrogen and oxygen atoms in total. The summed E-state index contributed by atoms with van der Waals surface area (Å²) in [4.78, 5) is 0. The van der Waals surface area contributed by atoms with Gasteiger partial charge in [-0.1, -0.05) is 286 Å². The number of unbranched alkanes of at least 4 members (excludes halogenated alkanes) is 2. The quantitative estimate of drug-likeness (QED) is 0.119. The zero-order valence-corrected chi connectivity index (χ0v) is 76.9. The number of hydrogen-bond donors (Lipinski definition) is 0. The fourth-order valence-electron chi connectivity index (χ4n) is 22.2. The second kappa shape index (κ2) is 30.5. The van der Waals surface area contributed by atoms with Crippen LogP contribution in [0.3, 0.4) is 0 Å². The summed E-state index contributed by atoms with van der Waals surface area (Å²) in [5, 5.41) is 15.9. The number of fused-ring (bicyclic) bond motifs is 27. The Kier molecular flexibility index (Phi) is 18.5. The van der Waals surface area contributed by atoms with E-state index in [1.54, 1.807) is 0 Å². The molecule has 0 amide bonds. The molecule has 0 N–H and O–H groups in total. The SMILES string of the molecule is CC1(C)c2ccc(-c3ccc4oc5ccccc5c4c3)cc2-c2cc(-c3ccc4sc5ccccc5c4c3)ccc21.CC1(C)c2ccc(-c3ccc4sc5ccccc5c4c3)cc2-c2cc(-c3ccc4sc5ccccc5c4c3)ccc21.CCCCC1(CCCC)c2ccc(-c3ccc4sc5ccccc5c4c3)cc2-c2cc(-c3ccc4sc5ccccc5c4c3)ccc21. The van der Waals surface area contributed by atoms with E-state index in [0.29, 0.717) is 0 Å². The van der Waals surface area contributed by atoms with Crippen LogP contribution in [0.1, 0.15) is 113 Å². The van der Waals surface area contributed by atoms with Crippen LogP contribution in [0.4, 0.5) is 0 Å². The highest BCUT2D eigenvalue weighted by Crippen LogP contribution is 2.58. The number of hydrogen-bond acceptors (Lipinski definition) is 6. The number of rotatable bonds is 12. The van der Waals surface area contributed by atoms with Gasteiger partial charge in [0.05, 0.1) is 0 Å². The summed E-state index contributed by atoms with van der Waals surface area (Å²) in [7, 11) is 0. The summed E-state index contributed by atoms with van der Waals surface area (Å²) >= 11 is 9.41. The molecule has 0 saturated carbocycles. The topological polar surface area (TPSA) is 13.1 Å². The van der Waals surface area contributed by atoms with Crippen LogP contribution in [0.15, 0.2) is 368 Å². The molecule has 3 aliphatic carbocycles. The van der Waals surface area contributed by atoms with Gasteiger partial charge < -0.3 is 4.42 Å². The van der Waals surface area contributed by atoms with Crippen molar-refractivity contribution in [2.45, 2.75) is 96.3 Å². The fraction of sp³-hybridized carbons (Fsp3) is 0.122. The van der Waals surface area contributed by atoms with Gasteiger partial charge in [-0.3, -0.25) is 0 Å². The number of benzene rings is 18. The summed E-state index contributed by atoms with van der Waals surface area (Å²) in [6, 6.07) is 137. The lowest BCUT2D eigenvalue weighted by molar-refractivity contribution is 0.414. The molecule has 6 heteroatoms. The predicted molar refractivity (Wildman–Crippen MR) is 564 cm³/mol. The minimum absolute atomic E-state index is 0.0250. The Morgan fingerprint density at radius 2 is 0.403 bits per heavy atom. The first-order chi connectivity index (χ1) is 63.2. The van der Waals surface area contributed by atoms with E-state index in [-0.39, 0.29) is 16.2 Å². The van der Waals surface area contributed by atoms with Gasteiger partial charge in [0.1, 0.15) is 11.2 Å². The molecule has 27 rings (SSSR count). The molecule has 18 aromatic carbocycles. The molecule has 0 spiro atoms. The first-order valence-electron chi connectivity index (χ1n) is 45.6. The lowest BCUT2D eigenvalue weighted by Crippen LogP contribution is -2.25. The van der Waals surface area contributed by atoms with Crippen LogP contribution in [0, 0.1) is 0 Å². The van der Waals surface area contributed by atoms with Crippen LogP contribution in [-0.2, 0) is 16.2 Å². The van der Waals surface area contributed by atoms with Crippen LogP contribution in [0.25, 0.3) is 223 Å². The molecule has 0 bridgehead atoms. The second-order valence-corrected chi connectivity index (χ2v) is 42.4. The zero-order chi connectivity index (χ0) is 86.1. The van der Waals surface area contributed by atoms with Crippen LogP contribution in [0.2, 0.25) is 0 Å². The highest BCUT2D eigenvalue weighted by Gasteiger charge is 2.43. The van der Waals surface area contributed by atoms with E-state index in [4.69, 9.17) is 4.42 Å². The first-order valence-corrected chi connectivity index (χ1v) is 49.7. The van der Waals surface area contributed by atoms with Crippen molar-refractivity contribution in [2.24, 2.45) is 0 Å². The minimum Gasteiger partial charge on any atom is -0.456 e. The van der Waals surface area contributed by atoms with Gasteiger partial charge in [-0.15, -0.1) is 56.7 Å². The average molecular weight is 1740 g/mol. The van der Waals surface area contributed by atoms with Crippen molar-refractivity contribution in [1.29, 1.82) is 0 Å². The van der Waals surface area contributed by atoms with Crippen molar-refractivity contribution in [2.75, 3.05) is 0 Å². The van der Waals surface area contributed by atoms with Gasteiger partial charge in [0.2, 0.25) is 0 Å². The van der Waals surface area contributed by atoms with Crippen molar-refractivity contribution >= 4 is 179 Å². The monoisotopic (exact) mass is 1740 g/mol. The van der Waals surface area contributed by atoms with Gasteiger partial charge in [-0.2, -0.15) is 0 Å². The molecule has 0 saturated heterocycles. The van der Waals surface area contributed by atoms with Gasteiger partial charge in [-0.05, 0) is 292 Å². The minimum atomic E-state index is -0.0417. The molecular weight excluding hydrogens is 1650 g/mol. The molecule has 3 aliphatic rings. The molecule has 0 unspecified atom stereocenters. The Morgan fingerprint density at radius 1 is 0.194 bits per heavy atom. The summed E-state index contributed by atoms with van der Waals surface area (Å²) < 4.78 is 19.6. The van der Waals surface area contributed by atoms with Crippen molar-refractivity contribution in [3.8, 4) is 100 Å². The Labute approximate surface area is 771 Å². The Balaban J connectivity index is 0.000000105. The molecule has 0 radical (unpaired) electrons. The summed E-state index contributed by atoms with van der Waals surface area (Å²) in [6.45, 7) is 14.1. The molecule has 24 aromatic rings. The van der Waals surface area contributed by atoms with E-state index in [0.717, 1.165) is 21.9 Å². The number of para-hydroxylation sites is 1. The molecule has 0 fully saturated rings. The molecule has 6 aromatic heterocycles. The lowest BCUT2D eigenvalue weighted by atomic mass is 9.70. The maximum absolute atomic E-state index is 6.09. The normalized spacial score (nSPS) is 13.7. The summed E-state index contributed by atoms with van der Waals surface area (Å²) in [5.74, 6) is 0. The third kappa shape index (κ3) is 12.7.